The number of aliphatic carboxylic acids is 1. The Labute approximate surface area is 108 Å². The number of carboxylic acids is 1. The van der Waals surface area contributed by atoms with Gasteiger partial charge in [-0.1, -0.05) is 29.3 Å². The second-order valence-electron chi connectivity index (χ2n) is 5.34. The summed E-state index contributed by atoms with van der Waals surface area (Å²) in [5.41, 5.74) is 3.85. The zero-order chi connectivity index (χ0) is 13.1. The van der Waals surface area contributed by atoms with Gasteiger partial charge in [0, 0.05) is 19.1 Å². The van der Waals surface area contributed by atoms with Crippen LogP contribution in [0.2, 0.25) is 0 Å². The van der Waals surface area contributed by atoms with Crippen LogP contribution >= 0.6 is 0 Å². The van der Waals surface area contributed by atoms with Gasteiger partial charge in [-0.2, -0.15) is 0 Å². The fraction of sp³-hybridized carbons (Fsp3) is 0.533. The fourth-order valence-corrected chi connectivity index (χ4v) is 2.46. The number of benzene rings is 1. The Hall–Kier alpha value is -1.35. The van der Waals surface area contributed by atoms with E-state index in [1.807, 2.05) is 0 Å². The average molecular weight is 247 g/mol. The number of hydrogen-bond acceptors (Lipinski definition) is 2. The molecule has 1 aromatic carbocycles. The molecule has 1 aromatic rings. The average Bonchev–Trinajstić information content (AvgIpc) is 3.06. The normalized spacial score (nSPS) is 15.1. The first-order valence-corrected chi connectivity index (χ1v) is 6.57. The van der Waals surface area contributed by atoms with Crippen molar-refractivity contribution in [2.45, 2.75) is 45.7 Å². The first-order chi connectivity index (χ1) is 8.54. The number of hydrogen-bond donors (Lipinski definition) is 1. The minimum absolute atomic E-state index is 0.237. The van der Waals surface area contributed by atoms with E-state index < -0.39 is 5.97 Å². The lowest BCUT2D eigenvalue weighted by Gasteiger charge is -2.21. The first kappa shape index (κ1) is 13.1. The summed E-state index contributed by atoms with van der Waals surface area (Å²) in [5.74, 6) is -0.707. The van der Waals surface area contributed by atoms with Crippen molar-refractivity contribution in [2.24, 2.45) is 0 Å². The molecule has 0 unspecified atom stereocenters. The van der Waals surface area contributed by atoms with Gasteiger partial charge < -0.3 is 5.11 Å². The molecule has 0 saturated heterocycles. The van der Waals surface area contributed by atoms with Crippen LogP contribution in [-0.2, 0) is 11.3 Å². The van der Waals surface area contributed by atoms with Gasteiger partial charge in [0.15, 0.2) is 0 Å². The van der Waals surface area contributed by atoms with Gasteiger partial charge >= 0.3 is 5.97 Å². The van der Waals surface area contributed by atoms with Crippen LogP contribution in [0, 0.1) is 13.8 Å². The summed E-state index contributed by atoms with van der Waals surface area (Å²) in [7, 11) is 0. The smallest absolute Gasteiger partial charge is 0.304 e. The highest BCUT2D eigenvalue weighted by molar-refractivity contribution is 5.66. The van der Waals surface area contributed by atoms with Gasteiger partial charge in [-0.25, -0.2) is 0 Å². The predicted molar refractivity (Wildman–Crippen MR) is 71.6 cm³/mol. The molecule has 1 aliphatic carbocycles. The van der Waals surface area contributed by atoms with Gasteiger partial charge in [0.05, 0.1) is 6.42 Å². The van der Waals surface area contributed by atoms with E-state index in [4.69, 9.17) is 5.11 Å². The maximum absolute atomic E-state index is 10.7. The van der Waals surface area contributed by atoms with E-state index in [0.29, 0.717) is 12.6 Å². The third-order valence-corrected chi connectivity index (χ3v) is 3.34. The standard InChI is InChI=1S/C15H21NO2/c1-11-7-12(2)9-13(8-11)10-16(14-3-4-14)6-5-15(17)18/h7-9,14H,3-6,10H2,1-2H3,(H,17,18). The molecular formula is C15H21NO2. The van der Waals surface area contributed by atoms with Gasteiger partial charge in [0.25, 0.3) is 0 Å². The van der Waals surface area contributed by atoms with Crippen LogP contribution < -0.4 is 0 Å². The van der Waals surface area contributed by atoms with Crippen LogP contribution in [0.15, 0.2) is 18.2 Å². The van der Waals surface area contributed by atoms with E-state index in [1.54, 1.807) is 0 Å². The molecule has 0 spiro atoms. The van der Waals surface area contributed by atoms with Crippen LogP contribution in [0.3, 0.4) is 0 Å². The van der Waals surface area contributed by atoms with Crippen LogP contribution in [0.4, 0.5) is 0 Å². The lowest BCUT2D eigenvalue weighted by atomic mass is 10.1. The van der Waals surface area contributed by atoms with E-state index in [9.17, 15) is 4.79 Å². The van der Waals surface area contributed by atoms with E-state index in [-0.39, 0.29) is 6.42 Å². The summed E-state index contributed by atoms with van der Waals surface area (Å²) in [5, 5.41) is 8.79. The maximum atomic E-state index is 10.7. The Balaban J connectivity index is 2.01. The topological polar surface area (TPSA) is 40.5 Å². The van der Waals surface area contributed by atoms with Gasteiger partial charge in [-0.3, -0.25) is 9.69 Å². The summed E-state index contributed by atoms with van der Waals surface area (Å²) >= 11 is 0. The van der Waals surface area contributed by atoms with Crippen molar-refractivity contribution in [1.29, 1.82) is 0 Å². The van der Waals surface area contributed by atoms with Crippen LogP contribution in [0.25, 0.3) is 0 Å². The van der Waals surface area contributed by atoms with E-state index in [1.165, 1.54) is 29.5 Å². The van der Waals surface area contributed by atoms with Crippen LogP contribution in [0.1, 0.15) is 36.0 Å². The predicted octanol–water partition coefficient (Wildman–Crippen LogP) is 2.74. The van der Waals surface area contributed by atoms with Crippen molar-refractivity contribution in [3.63, 3.8) is 0 Å². The van der Waals surface area contributed by atoms with E-state index in [2.05, 4.69) is 36.9 Å². The lowest BCUT2D eigenvalue weighted by Crippen LogP contribution is -2.28. The quantitative estimate of drug-likeness (QED) is 0.840. The highest BCUT2D eigenvalue weighted by Crippen LogP contribution is 2.28. The first-order valence-electron chi connectivity index (χ1n) is 6.57. The molecular weight excluding hydrogens is 226 g/mol. The molecule has 98 valence electrons. The number of rotatable bonds is 6. The molecule has 0 radical (unpaired) electrons. The van der Waals surface area contributed by atoms with E-state index in [0.717, 1.165) is 6.54 Å². The number of carbonyl (C=O) groups is 1. The Morgan fingerprint density at radius 3 is 2.39 bits per heavy atom. The van der Waals surface area contributed by atoms with Gasteiger partial charge in [-0.15, -0.1) is 0 Å². The monoisotopic (exact) mass is 247 g/mol. The highest BCUT2D eigenvalue weighted by atomic mass is 16.4. The molecule has 2 rings (SSSR count). The van der Waals surface area contributed by atoms with Crippen molar-refractivity contribution in [3.05, 3.63) is 34.9 Å². The summed E-state index contributed by atoms with van der Waals surface area (Å²) in [6.45, 7) is 5.75. The third-order valence-electron chi connectivity index (χ3n) is 3.34. The van der Waals surface area contributed by atoms with Crippen molar-refractivity contribution in [1.82, 2.24) is 4.90 Å². The van der Waals surface area contributed by atoms with Gasteiger partial charge in [0.2, 0.25) is 0 Å². The molecule has 1 fully saturated rings. The zero-order valence-electron chi connectivity index (χ0n) is 11.1. The Morgan fingerprint density at radius 1 is 1.28 bits per heavy atom. The Kier molecular flexibility index (Phi) is 4.02. The molecule has 18 heavy (non-hydrogen) atoms. The third kappa shape index (κ3) is 3.84. The molecule has 3 heteroatoms. The van der Waals surface area contributed by atoms with Crippen LogP contribution in [0.5, 0.6) is 0 Å². The van der Waals surface area contributed by atoms with Crippen molar-refractivity contribution >= 4 is 5.97 Å². The molecule has 0 aliphatic heterocycles. The van der Waals surface area contributed by atoms with Gasteiger partial charge in [-0.05, 0) is 32.3 Å². The molecule has 0 heterocycles. The van der Waals surface area contributed by atoms with Gasteiger partial charge in [0.1, 0.15) is 0 Å². The Morgan fingerprint density at radius 2 is 1.89 bits per heavy atom. The molecule has 1 saturated carbocycles. The molecule has 0 bridgehead atoms. The number of carboxylic acid groups (broad SMARTS) is 1. The summed E-state index contributed by atoms with van der Waals surface area (Å²) < 4.78 is 0. The van der Waals surface area contributed by atoms with Crippen molar-refractivity contribution in [3.8, 4) is 0 Å². The Bertz CT molecular complexity index is 418. The van der Waals surface area contributed by atoms with Crippen molar-refractivity contribution < 1.29 is 9.90 Å². The largest absolute Gasteiger partial charge is 0.481 e. The number of aryl methyl sites for hydroxylation is 2. The maximum Gasteiger partial charge on any atom is 0.304 e. The molecule has 1 N–H and O–H groups in total. The number of nitrogens with zero attached hydrogens (tertiary/aromatic N) is 1. The summed E-state index contributed by atoms with van der Waals surface area (Å²) in [6, 6.07) is 7.17. The SMILES string of the molecule is Cc1cc(C)cc(CN(CCC(=O)O)C2CC2)c1. The molecule has 1 aliphatic rings. The second-order valence-corrected chi connectivity index (χ2v) is 5.34. The molecule has 3 nitrogen and oxygen atoms in total. The zero-order valence-corrected chi connectivity index (χ0v) is 11.1. The van der Waals surface area contributed by atoms with Crippen molar-refractivity contribution in [2.75, 3.05) is 6.54 Å². The minimum atomic E-state index is -0.707. The minimum Gasteiger partial charge on any atom is -0.481 e. The summed E-state index contributed by atoms with van der Waals surface area (Å²) in [6.07, 6.45) is 2.66. The lowest BCUT2D eigenvalue weighted by molar-refractivity contribution is -0.137. The fourth-order valence-electron chi connectivity index (χ4n) is 2.46. The molecule has 0 amide bonds. The molecule has 0 atom stereocenters. The second kappa shape index (κ2) is 5.53. The highest BCUT2D eigenvalue weighted by Gasteiger charge is 2.29. The van der Waals surface area contributed by atoms with E-state index >= 15 is 0 Å². The summed E-state index contributed by atoms with van der Waals surface area (Å²) in [4.78, 5) is 13.0. The van der Waals surface area contributed by atoms with Crippen LogP contribution in [-0.4, -0.2) is 28.6 Å². The molecule has 0 aromatic heterocycles.